The minimum Gasteiger partial charge on any atom is -0.375 e. The molecule has 0 aromatic rings. The van der Waals surface area contributed by atoms with Crippen molar-refractivity contribution in [3.05, 3.63) is 0 Å². The third-order valence-corrected chi connectivity index (χ3v) is 5.75. The van der Waals surface area contributed by atoms with Gasteiger partial charge in [0.05, 0.1) is 5.60 Å². The van der Waals surface area contributed by atoms with Gasteiger partial charge in [-0.2, -0.15) is 11.8 Å². The average Bonchev–Trinajstić information content (AvgIpc) is 2.35. The standard InChI is InChI=1S/C16H31NOS/c1-5-17-14(15(2,3)4)13-6-9-18-16(12-13)7-10-19-11-8-16/h13-14,17H,5-12H2,1-4H3. The van der Waals surface area contributed by atoms with Crippen molar-refractivity contribution in [1.82, 2.24) is 5.32 Å². The zero-order valence-corrected chi connectivity index (χ0v) is 13.9. The summed E-state index contributed by atoms with van der Waals surface area (Å²) in [4.78, 5) is 0. The van der Waals surface area contributed by atoms with E-state index >= 15 is 0 Å². The Hall–Kier alpha value is 0.270. The summed E-state index contributed by atoms with van der Waals surface area (Å²) < 4.78 is 6.24. The van der Waals surface area contributed by atoms with Crippen molar-refractivity contribution in [3.63, 3.8) is 0 Å². The highest BCUT2D eigenvalue weighted by Crippen LogP contribution is 2.43. The van der Waals surface area contributed by atoms with Crippen LogP contribution in [0.25, 0.3) is 0 Å². The molecule has 0 radical (unpaired) electrons. The van der Waals surface area contributed by atoms with Crippen molar-refractivity contribution in [2.24, 2.45) is 11.3 Å². The van der Waals surface area contributed by atoms with Gasteiger partial charge in [-0.25, -0.2) is 0 Å². The highest BCUT2D eigenvalue weighted by Gasteiger charge is 2.43. The number of ether oxygens (including phenoxy) is 1. The van der Waals surface area contributed by atoms with Crippen LogP contribution in [0.15, 0.2) is 0 Å². The second-order valence-corrected chi connectivity index (χ2v) is 8.52. The molecule has 2 heterocycles. The normalized spacial score (nSPS) is 29.4. The summed E-state index contributed by atoms with van der Waals surface area (Å²) in [6.45, 7) is 11.4. The molecule has 3 heteroatoms. The highest BCUT2D eigenvalue weighted by atomic mass is 32.2. The largest absolute Gasteiger partial charge is 0.375 e. The number of hydrogen-bond acceptors (Lipinski definition) is 3. The molecular weight excluding hydrogens is 254 g/mol. The van der Waals surface area contributed by atoms with Crippen LogP contribution in [0.5, 0.6) is 0 Å². The molecule has 1 N–H and O–H groups in total. The molecule has 2 aliphatic rings. The molecule has 2 atom stereocenters. The van der Waals surface area contributed by atoms with Crippen LogP contribution in [0.2, 0.25) is 0 Å². The van der Waals surface area contributed by atoms with E-state index in [9.17, 15) is 0 Å². The third kappa shape index (κ3) is 3.89. The first kappa shape index (κ1) is 15.7. The topological polar surface area (TPSA) is 21.3 Å². The van der Waals surface area contributed by atoms with Gasteiger partial charge >= 0.3 is 0 Å². The van der Waals surface area contributed by atoms with Gasteiger partial charge in [-0.05, 0) is 55.1 Å². The lowest BCUT2D eigenvalue weighted by molar-refractivity contribution is -0.112. The van der Waals surface area contributed by atoms with Crippen molar-refractivity contribution in [3.8, 4) is 0 Å². The van der Waals surface area contributed by atoms with Crippen LogP contribution in [0.4, 0.5) is 0 Å². The molecule has 0 aromatic carbocycles. The van der Waals surface area contributed by atoms with E-state index in [4.69, 9.17) is 4.74 Å². The van der Waals surface area contributed by atoms with Crippen molar-refractivity contribution >= 4 is 11.8 Å². The van der Waals surface area contributed by atoms with Gasteiger partial charge in [-0.1, -0.05) is 27.7 Å². The van der Waals surface area contributed by atoms with Gasteiger partial charge < -0.3 is 10.1 Å². The predicted octanol–water partition coefficient (Wildman–Crippen LogP) is 3.70. The summed E-state index contributed by atoms with van der Waals surface area (Å²) in [5, 5.41) is 3.75. The van der Waals surface area contributed by atoms with Crippen LogP contribution in [-0.2, 0) is 4.74 Å². The van der Waals surface area contributed by atoms with Crippen molar-refractivity contribution < 1.29 is 4.74 Å². The number of hydrogen-bond donors (Lipinski definition) is 1. The summed E-state index contributed by atoms with van der Waals surface area (Å²) >= 11 is 2.09. The van der Waals surface area contributed by atoms with Crippen LogP contribution in [-0.4, -0.2) is 36.3 Å². The summed E-state index contributed by atoms with van der Waals surface area (Å²) in [6, 6.07) is 0.618. The van der Waals surface area contributed by atoms with Crippen LogP contribution in [0.1, 0.15) is 53.4 Å². The summed E-state index contributed by atoms with van der Waals surface area (Å²) in [5.74, 6) is 3.35. The van der Waals surface area contributed by atoms with Crippen molar-refractivity contribution in [2.45, 2.75) is 65.0 Å². The lowest BCUT2D eigenvalue weighted by Crippen LogP contribution is -2.52. The third-order valence-electron chi connectivity index (χ3n) is 4.76. The first-order chi connectivity index (χ1) is 8.97. The highest BCUT2D eigenvalue weighted by molar-refractivity contribution is 7.99. The van der Waals surface area contributed by atoms with Crippen molar-refractivity contribution in [2.75, 3.05) is 24.7 Å². The zero-order valence-electron chi connectivity index (χ0n) is 13.1. The van der Waals surface area contributed by atoms with E-state index in [1.54, 1.807) is 0 Å². The predicted molar refractivity (Wildman–Crippen MR) is 84.9 cm³/mol. The zero-order chi connectivity index (χ0) is 13.9. The van der Waals surface area contributed by atoms with E-state index in [-0.39, 0.29) is 5.60 Å². The monoisotopic (exact) mass is 285 g/mol. The molecule has 1 spiro atoms. The van der Waals surface area contributed by atoms with E-state index < -0.39 is 0 Å². The molecule has 0 aromatic heterocycles. The first-order valence-corrected chi connectivity index (χ1v) is 9.07. The first-order valence-electron chi connectivity index (χ1n) is 7.92. The molecule has 19 heavy (non-hydrogen) atoms. The van der Waals surface area contributed by atoms with Gasteiger partial charge in [0.2, 0.25) is 0 Å². The van der Waals surface area contributed by atoms with Gasteiger partial charge in [0.15, 0.2) is 0 Å². The lowest BCUT2D eigenvalue weighted by atomic mass is 9.71. The molecule has 112 valence electrons. The van der Waals surface area contributed by atoms with Crippen LogP contribution >= 0.6 is 11.8 Å². The van der Waals surface area contributed by atoms with E-state index in [1.165, 1.54) is 37.2 Å². The molecule has 0 aliphatic carbocycles. The molecule has 0 bridgehead atoms. The Morgan fingerprint density at radius 3 is 2.58 bits per heavy atom. The number of thioether (sulfide) groups is 1. The fourth-order valence-corrected chi connectivity index (χ4v) is 5.08. The molecule has 2 fully saturated rings. The Balaban J connectivity index is 2.06. The lowest BCUT2D eigenvalue weighted by Gasteiger charge is -2.48. The van der Waals surface area contributed by atoms with Crippen LogP contribution in [0.3, 0.4) is 0 Å². The molecule has 2 aliphatic heterocycles. The van der Waals surface area contributed by atoms with E-state index in [0.29, 0.717) is 11.5 Å². The summed E-state index contributed by atoms with van der Waals surface area (Å²) in [6.07, 6.45) is 5.01. The van der Waals surface area contributed by atoms with Gasteiger partial charge in [-0.15, -0.1) is 0 Å². The summed E-state index contributed by atoms with van der Waals surface area (Å²) in [7, 11) is 0. The molecule has 2 rings (SSSR count). The minimum absolute atomic E-state index is 0.215. The number of rotatable bonds is 3. The minimum atomic E-state index is 0.215. The Morgan fingerprint density at radius 1 is 1.32 bits per heavy atom. The van der Waals surface area contributed by atoms with E-state index in [0.717, 1.165) is 19.1 Å². The maximum atomic E-state index is 6.24. The molecule has 0 saturated carbocycles. The maximum absolute atomic E-state index is 6.24. The summed E-state index contributed by atoms with van der Waals surface area (Å²) in [5.41, 5.74) is 0.551. The molecule has 0 amide bonds. The maximum Gasteiger partial charge on any atom is 0.0701 e. The molecule has 2 unspecified atom stereocenters. The Bertz CT molecular complexity index is 275. The van der Waals surface area contributed by atoms with E-state index in [2.05, 4.69) is 44.8 Å². The fraction of sp³-hybridized carbons (Fsp3) is 1.00. The van der Waals surface area contributed by atoms with Gasteiger partial charge in [0, 0.05) is 12.6 Å². The van der Waals surface area contributed by atoms with Gasteiger partial charge in [0.25, 0.3) is 0 Å². The Morgan fingerprint density at radius 2 is 2.00 bits per heavy atom. The van der Waals surface area contributed by atoms with Crippen LogP contribution in [0, 0.1) is 11.3 Å². The van der Waals surface area contributed by atoms with Gasteiger partial charge in [-0.3, -0.25) is 0 Å². The second-order valence-electron chi connectivity index (χ2n) is 7.30. The molecule has 2 saturated heterocycles. The molecular formula is C16H31NOS. The smallest absolute Gasteiger partial charge is 0.0701 e. The number of nitrogens with one attached hydrogen (secondary N) is 1. The molecule has 2 nitrogen and oxygen atoms in total. The van der Waals surface area contributed by atoms with Crippen molar-refractivity contribution in [1.29, 1.82) is 0 Å². The Kier molecular flexibility index (Phi) is 5.24. The van der Waals surface area contributed by atoms with Gasteiger partial charge in [0.1, 0.15) is 0 Å². The van der Waals surface area contributed by atoms with Crippen LogP contribution < -0.4 is 5.32 Å². The van der Waals surface area contributed by atoms with E-state index in [1.807, 2.05) is 0 Å². The fourth-order valence-electron chi connectivity index (χ4n) is 3.84. The SMILES string of the molecule is CCNC(C1CCOC2(CCSCC2)C1)C(C)(C)C. The quantitative estimate of drug-likeness (QED) is 0.854. The average molecular weight is 285 g/mol. The second kappa shape index (κ2) is 6.36. The Labute approximate surface area is 123 Å².